The number of rotatable bonds is 2. The van der Waals surface area contributed by atoms with Crippen LogP contribution in [0.4, 0.5) is 4.39 Å². The van der Waals surface area contributed by atoms with E-state index in [9.17, 15) is 9.50 Å². The first-order chi connectivity index (χ1) is 7.72. The first-order valence-electron chi connectivity index (χ1n) is 4.99. The van der Waals surface area contributed by atoms with Crippen LogP contribution in [0, 0.1) is 5.82 Å². The molecule has 0 unspecified atom stereocenters. The molecule has 0 aliphatic heterocycles. The molecule has 2 aromatic carbocycles. The highest BCUT2D eigenvalue weighted by atomic mass is 19.1. The molecule has 0 saturated heterocycles. The molecule has 0 atom stereocenters. The fourth-order valence-corrected chi connectivity index (χ4v) is 1.62. The van der Waals surface area contributed by atoms with Crippen LogP contribution < -0.4 is 5.73 Å². The molecule has 0 aromatic heterocycles. The lowest BCUT2D eigenvalue weighted by Gasteiger charge is -2.07. The van der Waals surface area contributed by atoms with Gasteiger partial charge in [0.15, 0.2) is 0 Å². The lowest BCUT2D eigenvalue weighted by molar-refractivity contribution is 0.477. The van der Waals surface area contributed by atoms with E-state index in [1.54, 1.807) is 30.3 Å². The molecular formula is C13H12FNO. The molecule has 0 bridgehead atoms. The minimum absolute atomic E-state index is 0.146. The molecule has 0 radical (unpaired) electrons. The van der Waals surface area contributed by atoms with E-state index in [-0.39, 0.29) is 18.1 Å². The Morgan fingerprint density at radius 2 is 1.88 bits per heavy atom. The van der Waals surface area contributed by atoms with E-state index in [1.807, 2.05) is 6.07 Å². The molecule has 2 nitrogen and oxygen atoms in total. The van der Waals surface area contributed by atoms with Crippen molar-refractivity contribution in [2.24, 2.45) is 5.73 Å². The number of hydrogen-bond donors (Lipinski definition) is 2. The summed E-state index contributed by atoms with van der Waals surface area (Å²) < 4.78 is 13.2. The number of halogens is 1. The zero-order valence-corrected chi connectivity index (χ0v) is 8.65. The molecule has 0 heterocycles. The van der Waals surface area contributed by atoms with E-state index in [1.165, 1.54) is 6.07 Å². The van der Waals surface area contributed by atoms with Gasteiger partial charge in [0, 0.05) is 17.7 Å². The maximum Gasteiger partial charge on any atom is 0.127 e. The summed E-state index contributed by atoms with van der Waals surface area (Å²) in [4.78, 5) is 0. The van der Waals surface area contributed by atoms with Gasteiger partial charge in [0.05, 0.1) is 0 Å². The molecule has 82 valence electrons. The van der Waals surface area contributed by atoms with Gasteiger partial charge in [-0.2, -0.15) is 0 Å². The van der Waals surface area contributed by atoms with Gasteiger partial charge in [0.2, 0.25) is 0 Å². The van der Waals surface area contributed by atoms with Crippen molar-refractivity contribution in [3.63, 3.8) is 0 Å². The Hall–Kier alpha value is -1.87. The second kappa shape index (κ2) is 4.33. The predicted molar refractivity (Wildman–Crippen MR) is 61.4 cm³/mol. The van der Waals surface area contributed by atoms with Gasteiger partial charge in [-0.3, -0.25) is 0 Å². The molecule has 2 rings (SSSR count). The predicted octanol–water partition coefficient (Wildman–Crippen LogP) is 2.66. The van der Waals surface area contributed by atoms with Crippen LogP contribution in [0.5, 0.6) is 5.75 Å². The SMILES string of the molecule is NCc1cc(-c2ccccc2O)ccc1F. The fraction of sp³-hybridized carbons (Fsp3) is 0.0769. The fourth-order valence-electron chi connectivity index (χ4n) is 1.62. The van der Waals surface area contributed by atoms with E-state index >= 15 is 0 Å². The molecule has 3 heteroatoms. The molecule has 0 aliphatic rings. The van der Waals surface area contributed by atoms with Gasteiger partial charge in [-0.05, 0) is 23.8 Å². The van der Waals surface area contributed by atoms with Crippen LogP contribution in [0.25, 0.3) is 11.1 Å². The lowest BCUT2D eigenvalue weighted by Crippen LogP contribution is -1.99. The smallest absolute Gasteiger partial charge is 0.127 e. The second-order valence-electron chi connectivity index (χ2n) is 3.53. The summed E-state index contributed by atoms with van der Waals surface area (Å²) in [5, 5.41) is 9.67. The molecule has 2 aromatic rings. The van der Waals surface area contributed by atoms with Gasteiger partial charge in [-0.25, -0.2) is 4.39 Å². The minimum Gasteiger partial charge on any atom is -0.507 e. The van der Waals surface area contributed by atoms with Crippen molar-refractivity contribution >= 4 is 0 Å². The number of phenolic OH excluding ortho intramolecular Hbond substituents is 1. The summed E-state index contributed by atoms with van der Waals surface area (Å²) in [7, 11) is 0. The molecule has 0 aliphatic carbocycles. The summed E-state index contributed by atoms with van der Waals surface area (Å²) in [6, 6.07) is 11.6. The highest BCUT2D eigenvalue weighted by Crippen LogP contribution is 2.29. The number of nitrogens with two attached hydrogens (primary N) is 1. The Morgan fingerprint density at radius 3 is 2.56 bits per heavy atom. The van der Waals surface area contributed by atoms with Crippen molar-refractivity contribution in [1.29, 1.82) is 0 Å². The number of para-hydroxylation sites is 1. The molecular weight excluding hydrogens is 205 g/mol. The Labute approximate surface area is 93.2 Å². The Balaban J connectivity index is 2.53. The Morgan fingerprint density at radius 1 is 1.12 bits per heavy atom. The van der Waals surface area contributed by atoms with Crippen LogP contribution >= 0.6 is 0 Å². The third kappa shape index (κ3) is 1.90. The number of aromatic hydroxyl groups is 1. The lowest BCUT2D eigenvalue weighted by atomic mass is 10.0. The van der Waals surface area contributed by atoms with Crippen molar-refractivity contribution in [3.05, 3.63) is 53.8 Å². The van der Waals surface area contributed by atoms with E-state index in [4.69, 9.17) is 5.73 Å². The van der Waals surface area contributed by atoms with E-state index < -0.39 is 0 Å². The maximum atomic E-state index is 13.2. The van der Waals surface area contributed by atoms with Gasteiger partial charge in [-0.15, -0.1) is 0 Å². The molecule has 0 spiro atoms. The zero-order chi connectivity index (χ0) is 11.5. The van der Waals surface area contributed by atoms with Crippen LogP contribution in [0.3, 0.4) is 0 Å². The monoisotopic (exact) mass is 217 g/mol. The third-order valence-corrected chi connectivity index (χ3v) is 2.48. The van der Waals surface area contributed by atoms with Crippen LogP contribution in [0.2, 0.25) is 0 Å². The molecule has 0 fully saturated rings. The molecule has 0 amide bonds. The van der Waals surface area contributed by atoms with Crippen LogP contribution in [-0.4, -0.2) is 5.11 Å². The number of phenols is 1. The molecule has 16 heavy (non-hydrogen) atoms. The van der Waals surface area contributed by atoms with Gasteiger partial charge in [0.1, 0.15) is 11.6 Å². The van der Waals surface area contributed by atoms with Crippen molar-refractivity contribution in [3.8, 4) is 16.9 Å². The topological polar surface area (TPSA) is 46.2 Å². The van der Waals surface area contributed by atoms with Crippen molar-refractivity contribution < 1.29 is 9.50 Å². The van der Waals surface area contributed by atoms with Gasteiger partial charge >= 0.3 is 0 Å². The maximum absolute atomic E-state index is 13.2. The standard InChI is InChI=1S/C13H12FNO/c14-12-6-5-9(7-10(12)8-15)11-3-1-2-4-13(11)16/h1-7,16H,8,15H2. The summed E-state index contributed by atoms with van der Waals surface area (Å²) in [6.45, 7) is 0.146. The van der Waals surface area contributed by atoms with Crippen LogP contribution in [0.15, 0.2) is 42.5 Å². The highest BCUT2D eigenvalue weighted by molar-refractivity contribution is 5.70. The number of hydrogen-bond acceptors (Lipinski definition) is 2. The minimum atomic E-state index is -0.318. The average Bonchev–Trinajstić information content (AvgIpc) is 2.31. The number of benzene rings is 2. The summed E-state index contributed by atoms with van der Waals surface area (Å²) in [5.41, 5.74) is 7.32. The second-order valence-corrected chi connectivity index (χ2v) is 3.53. The van der Waals surface area contributed by atoms with Crippen molar-refractivity contribution in [2.45, 2.75) is 6.54 Å². The zero-order valence-electron chi connectivity index (χ0n) is 8.65. The average molecular weight is 217 g/mol. The van der Waals surface area contributed by atoms with Gasteiger partial charge in [-0.1, -0.05) is 24.3 Å². The summed E-state index contributed by atoms with van der Waals surface area (Å²) in [5.74, 6) is -0.140. The quantitative estimate of drug-likeness (QED) is 0.812. The summed E-state index contributed by atoms with van der Waals surface area (Å²) in [6.07, 6.45) is 0. The van der Waals surface area contributed by atoms with Crippen LogP contribution in [0.1, 0.15) is 5.56 Å². The largest absolute Gasteiger partial charge is 0.507 e. The van der Waals surface area contributed by atoms with Gasteiger partial charge < -0.3 is 10.8 Å². The Kier molecular flexibility index (Phi) is 2.88. The van der Waals surface area contributed by atoms with E-state index in [2.05, 4.69) is 0 Å². The first-order valence-corrected chi connectivity index (χ1v) is 4.99. The highest BCUT2D eigenvalue weighted by Gasteiger charge is 2.06. The van der Waals surface area contributed by atoms with Crippen LogP contribution in [-0.2, 0) is 6.54 Å². The molecule has 0 saturated carbocycles. The Bertz CT molecular complexity index is 511. The normalized spacial score (nSPS) is 10.4. The third-order valence-electron chi connectivity index (χ3n) is 2.48. The van der Waals surface area contributed by atoms with Gasteiger partial charge in [0.25, 0.3) is 0 Å². The summed E-state index contributed by atoms with van der Waals surface area (Å²) >= 11 is 0. The first kappa shape index (κ1) is 10.6. The van der Waals surface area contributed by atoms with E-state index in [0.717, 1.165) is 5.56 Å². The molecule has 3 N–H and O–H groups in total. The van der Waals surface area contributed by atoms with E-state index in [0.29, 0.717) is 11.1 Å². The van der Waals surface area contributed by atoms with Crippen molar-refractivity contribution in [2.75, 3.05) is 0 Å². The van der Waals surface area contributed by atoms with Crippen molar-refractivity contribution in [1.82, 2.24) is 0 Å².